The third-order valence-corrected chi connectivity index (χ3v) is 5.65. The standard InChI is InChI=1S/C16H21ClFNO/c1-2-16(10-20)8-12-4-6-15(16)19(12)9-11-3-5-14(18)13(17)7-11/h3,5,7,12,15,20H,2,4,6,8-10H2,1H3/t12-,15+,16-/m0/s1. The predicted molar refractivity (Wildman–Crippen MR) is 78.2 cm³/mol. The van der Waals surface area contributed by atoms with Crippen LogP contribution < -0.4 is 0 Å². The lowest BCUT2D eigenvalue weighted by atomic mass is 9.72. The molecular weight excluding hydrogens is 277 g/mol. The molecule has 3 rings (SSSR count). The van der Waals surface area contributed by atoms with Crippen LogP contribution in [0.25, 0.3) is 0 Å². The maximum Gasteiger partial charge on any atom is 0.141 e. The highest BCUT2D eigenvalue weighted by Gasteiger charge is 2.54. The van der Waals surface area contributed by atoms with E-state index in [1.54, 1.807) is 6.07 Å². The number of hydrogen-bond donors (Lipinski definition) is 1. The van der Waals surface area contributed by atoms with Crippen LogP contribution in [0.4, 0.5) is 4.39 Å². The van der Waals surface area contributed by atoms with E-state index in [9.17, 15) is 9.50 Å². The van der Waals surface area contributed by atoms with Gasteiger partial charge in [-0.05, 0) is 43.4 Å². The Kier molecular flexibility index (Phi) is 3.78. The molecule has 0 spiro atoms. The van der Waals surface area contributed by atoms with Gasteiger partial charge in [0.25, 0.3) is 0 Å². The molecule has 4 heteroatoms. The topological polar surface area (TPSA) is 23.5 Å². The van der Waals surface area contributed by atoms with Gasteiger partial charge in [0.15, 0.2) is 0 Å². The Bertz CT molecular complexity index is 503. The van der Waals surface area contributed by atoms with Crippen molar-refractivity contribution < 1.29 is 9.50 Å². The van der Waals surface area contributed by atoms with E-state index in [2.05, 4.69) is 11.8 Å². The highest BCUT2D eigenvalue weighted by atomic mass is 35.5. The molecule has 3 atom stereocenters. The van der Waals surface area contributed by atoms with Gasteiger partial charge in [-0.1, -0.05) is 24.6 Å². The van der Waals surface area contributed by atoms with Crippen LogP contribution in [0, 0.1) is 11.2 Å². The molecule has 1 aromatic carbocycles. The first-order chi connectivity index (χ1) is 9.59. The lowest BCUT2D eigenvalue weighted by molar-refractivity contribution is 0.0714. The van der Waals surface area contributed by atoms with Crippen molar-refractivity contribution in [1.29, 1.82) is 0 Å². The zero-order chi connectivity index (χ0) is 14.3. The highest BCUT2D eigenvalue weighted by molar-refractivity contribution is 6.30. The molecule has 1 N–H and O–H groups in total. The Morgan fingerprint density at radius 1 is 1.45 bits per heavy atom. The smallest absolute Gasteiger partial charge is 0.141 e. The molecule has 2 aliphatic rings. The Balaban J connectivity index is 1.80. The number of rotatable bonds is 4. The van der Waals surface area contributed by atoms with Gasteiger partial charge in [0, 0.05) is 24.0 Å². The van der Waals surface area contributed by atoms with Crippen LogP contribution in [0.1, 0.15) is 38.2 Å². The predicted octanol–water partition coefficient (Wildman–Crippen LogP) is 3.60. The number of fused-ring (bicyclic) bond motifs is 2. The number of aliphatic hydroxyl groups excluding tert-OH is 1. The molecule has 110 valence electrons. The molecule has 2 bridgehead atoms. The van der Waals surface area contributed by atoms with Crippen LogP contribution in [-0.2, 0) is 6.54 Å². The number of halogens is 2. The first-order valence-corrected chi connectivity index (χ1v) is 7.78. The molecule has 2 nitrogen and oxygen atoms in total. The first kappa shape index (κ1) is 14.3. The van der Waals surface area contributed by atoms with Crippen LogP contribution in [0.15, 0.2) is 18.2 Å². The van der Waals surface area contributed by atoms with Gasteiger partial charge in [-0.3, -0.25) is 4.90 Å². The molecule has 2 aliphatic heterocycles. The molecular formula is C16H21ClFNO. The van der Waals surface area contributed by atoms with Crippen molar-refractivity contribution in [2.24, 2.45) is 5.41 Å². The quantitative estimate of drug-likeness (QED) is 0.918. The largest absolute Gasteiger partial charge is 0.396 e. The second-order valence-electron chi connectivity index (χ2n) is 6.25. The average Bonchev–Trinajstić information content (AvgIpc) is 2.98. The maximum atomic E-state index is 13.2. The minimum atomic E-state index is -0.363. The summed E-state index contributed by atoms with van der Waals surface area (Å²) in [5.74, 6) is -0.363. The summed E-state index contributed by atoms with van der Waals surface area (Å²) in [6, 6.07) is 5.98. The van der Waals surface area contributed by atoms with E-state index < -0.39 is 0 Å². The van der Waals surface area contributed by atoms with Gasteiger partial charge in [0.2, 0.25) is 0 Å². The summed E-state index contributed by atoms with van der Waals surface area (Å²) in [4.78, 5) is 2.49. The van der Waals surface area contributed by atoms with Crippen molar-refractivity contribution in [3.8, 4) is 0 Å². The van der Waals surface area contributed by atoms with E-state index >= 15 is 0 Å². The summed E-state index contributed by atoms with van der Waals surface area (Å²) < 4.78 is 13.2. The van der Waals surface area contributed by atoms with E-state index in [1.807, 2.05) is 6.07 Å². The summed E-state index contributed by atoms with van der Waals surface area (Å²) in [5, 5.41) is 10.00. The van der Waals surface area contributed by atoms with E-state index in [0.29, 0.717) is 12.1 Å². The van der Waals surface area contributed by atoms with E-state index in [-0.39, 0.29) is 22.9 Å². The Labute approximate surface area is 124 Å². The second-order valence-corrected chi connectivity index (χ2v) is 6.65. The van der Waals surface area contributed by atoms with Crippen molar-refractivity contribution in [3.05, 3.63) is 34.6 Å². The van der Waals surface area contributed by atoms with E-state index in [0.717, 1.165) is 31.4 Å². The fraction of sp³-hybridized carbons (Fsp3) is 0.625. The summed E-state index contributed by atoms with van der Waals surface area (Å²) in [5.41, 5.74) is 1.12. The zero-order valence-electron chi connectivity index (χ0n) is 11.8. The van der Waals surface area contributed by atoms with Gasteiger partial charge in [-0.25, -0.2) is 4.39 Å². The molecule has 0 aromatic heterocycles. The number of nitrogens with zero attached hydrogens (tertiary/aromatic N) is 1. The van der Waals surface area contributed by atoms with Crippen molar-refractivity contribution in [2.75, 3.05) is 6.61 Å². The summed E-state index contributed by atoms with van der Waals surface area (Å²) in [6.07, 6.45) is 4.47. The fourth-order valence-electron chi connectivity index (χ4n) is 4.17. The minimum absolute atomic E-state index is 0.0622. The first-order valence-electron chi connectivity index (χ1n) is 7.40. The van der Waals surface area contributed by atoms with Gasteiger partial charge in [-0.15, -0.1) is 0 Å². The van der Waals surface area contributed by atoms with Gasteiger partial charge in [0.1, 0.15) is 5.82 Å². The maximum absolute atomic E-state index is 13.2. The molecule has 0 amide bonds. The molecule has 0 saturated carbocycles. The minimum Gasteiger partial charge on any atom is -0.396 e. The average molecular weight is 298 g/mol. The third kappa shape index (κ3) is 2.16. The Morgan fingerprint density at radius 3 is 2.85 bits per heavy atom. The summed E-state index contributed by atoms with van der Waals surface area (Å²) in [6.45, 7) is 3.24. The molecule has 2 heterocycles. The fourth-order valence-corrected chi connectivity index (χ4v) is 4.37. The third-order valence-electron chi connectivity index (χ3n) is 5.36. The lowest BCUT2D eigenvalue weighted by Crippen LogP contribution is -2.39. The van der Waals surface area contributed by atoms with Crippen molar-refractivity contribution in [3.63, 3.8) is 0 Å². The SMILES string of the molecule is CC[C@@]1(CO)C[C@@H]2CC[C@H]1N2Cc1ccc(F)c(Cl)c1. The molecule has 2 fully saturated rings. The summed E-state index contributed by atoms with van der Waals surface area (Å²) >= 11 is 5.86. The number of benzene rings is 1. The lowest BCUT2D eigenvalue weighted by Gasteiger charge is -2.35. The summed E-state index contributed by atoms with van der Waals surface area (Å²) in [7, 11) is 0. The monoisotopic (exact) mass is 297 g/mol. The van der Waals surface area contributed by atoms with Crippen molar-refractivity contribution in [1.82, 2.24) is 4.90 Å². The van der Waals surface area contributed by atoms with Crippen LogP contribution in [0.2, 0.25) is 5.02 Å². The van der Waals surface area contributed by atoms with Gasteiger partial charge in [-0.2, -0.15) is 0 Å². The molecule has 0 aliphatic carbocycles. The van der Waals surface area contributed by atoms with Crippen molar-refractivity contribution >= 4 is 11.6 Å². The second kappa shape index (κ2) is 5.28. The highest BCUT2D eigenvalue weighted by Crippen LogP contribution is 2.51. The zero-order valence-corrected chi connectivity index (χ0v) is 12.5. The number of aliphatic hydroxyl groups is 1. The van der Waals surface area contributed by atoms with Gasteiger partial charge < -0.3 is 5.11 Å². The van der Waals surface area contributed by atoms with Gasteiger partial charge >= 0.3 is 0 Å². The van der Waals surface area contributed by atoms with Crippen LogP contribution in [0.3, 0.4) is 0 Å². The molecule has 20 heavy (non-hydrogen) atoms. The molecule has 1 aromatic rings. The van der Waals surface area contributed by atoms with Crippen LogP contribution in [0.5, 0.6) is 0 Å². The molecule has 0 unspecified atom stereocenters. The van der Waals surface area contributed by atoms with Gasteiger partial charge in [0.05, 0.1) is 11.6 Å². The van der Waals surface area contributed by atoms with Crippen molar-refractivity contribution in [2.45, 2.75) is 51.2 Å². The normalized spacial score (nSPS) is 33.0. The van der Waals surface area contributed by atoms with Crippen LogP contribution in [-0.4, -0.2) is 28.7 Å². The molecule has 2 saturated heterocycles. The Morgan fingerprint density at radius 2 is 2.25 bits per heavy atom. The van der Waals surface area contributed by atoms with E-state index in [4.69, 9.17) is 11.6 Å². The van der Waals surface area contributed by atoms with Crippen LogP contribution >= 0.6 is 11.6 Å². The van der Waals surface area contributed by atoms with E-state index in [1.165, 1.54) is 12.5 Å². The Hall–Kier alpha value is -0.640. The molecule has 0 radical (unpaired) electrons. The number of hydrogen-bond acceptors (Lipinski definition) is 2.